The van der Waals surface area contributed by atoms with E-state index in [1.165, 1.54) is 0 Å². The zero-order chi connectivity index (χ0) is 18.9. The maximum absolute atomic E-state index is 5.96. The molecule has 0 spiro atoms. The molecule has 0 aliphatic heterocycles. The zero-order valence-corrected chi connectivity index (χ0v) is 16.0. The molecule has 0 amide bonds. The van der Waals surface area contributed by atoms with Crippen molar-refractivity contribution in [3.8, 4) is 17.2 Å². The van der Waals surface area contributed by atoms with Gasteiger partial charge in [-0.2, -0.15) is 0 Å². The summed E-state index contributed by atoms with van der Waals surface area (Å²) >= 11 is 0. The molecule has 0 heterocycles. The van der Waals surface area contributed by atoms with Gasteiger partial charge in [0.2, 0.25) is 0 Å². The van der Waals surface area contributed by atoms with Crippen molar-refractivity contribution in [1.29, 1.82) is 0 Å². The monoisotopic (exact) mass is 361 g/mol. The Bertz CT molecular complexity index is 813. The van der Waals surface area contributed by atoms with Crippen LogP contribution in [-0.2, 0) is 6.54 Å². The van der Waals surface area contributed by atoms with E-state index in [1.54, 1.807) is 0 Å². The molecule has 3 heteroatoms. The molecule has 0 fully saturated rings. The van der Waals surface area contributed by atoms with Crippen molar-refractivity contribution in [2.75, 3.05) is 11.9 Å². The molecule has 0 bridgehead atoms. The highest BCUT2D eigenvalue weighted by Crippen LogP contribution is 2.24. The van der Waals surface area contributed by atoms with Crippen LogP contribution < -0.4 is 14.8 Å². The fraction of sp³-hybridized carbons (Fsp3) is 0.250. The van der Waals surface area contributed by atoms with E-state index in [1.807, 2.05) is 72.8 Å². The lowest BCUT2D eigenvalue weighted by atomic mass is 10.1. The number of ether oxygens (including phenoxy) is 2. The van der Waals surface area contributed by atoms with Gasteiger partial charge in [-0.15, -0.1) is 0 Å². The maximum Gasteiger partial charge on any atom is 0.127 e. The standard InChI is InChI=1S/C24H27NO2/c1-19(2)16-17-26-24-11-7-6-8-20(24)18-25-21-12-14-23(15-13-21)27-22-9-4-3-5-10-22/h3-15,19,25H,16-18H2,1-2H3. The van der Waals surface area contributed by atoms with Crippen molar-refractivity contribution in [3.63, 3.8) is 0 Å². The molecule has 0 radical (unpaired) electrons. The minimum Gasteiger partial charge on any atom is -0.493 e. The van der Waals surface area contributed by atoms with E-state index < -0.39 is 0 Å². The Hall–Kier alpha value is -2.94. The molecule has 0 aromatic heterocycles. The van der Waals surface area contributed by atoms with Crippen LogP contribution in [0.3, 0.4) is 0 Å². The van der Waals surface area contributed by atoms with Crippen LogP contribution in [0.2, 0.25) is 0 Å². The average Bonchev–Trinajstić information content (AvgIpc) is 2.69. The quantitative estimate of drug-likeness (QED) is 0.471. The summed E-state index contributed by atoms with van der Waals surface area (Å²) in [6.45, 7) is 5.89. The third kappa shape index (κ3) is 6.07. The topological polar surface area (TPSA) is 30.5 Å². The molecule has 0 atom stereocenters. The first-order valence-corrected chi connectivity index (χ1v) is 9.48. The number of hydrogen-bond acceptors (Lipinski definition) is 3. The normalized spacial score (nSPS) is 10.6. The van der Waals surface area contributed by atoms with E-state index in [9.17, 15) is 0 Å². The molecule has 1 N–H and O–H groups in total. The number of rotatable bonds is 9. The number of benzene rings is 3. The second-order valence-corrected chi connectivity index (χ2v) is 6.93. The Morgan fingerprint density at radius 3 is 2.19 bits per heavy atom. The molecule has 3 aromatic carbocycles. The smallest absolute Gasteiger partial charge is 0.127 e. The van der Waals surface area contributed by atoms with Crippen molar-refractivity contribution in [2.24, 2.45) is 5.92 Å². The van der Waals surface area contributed by atoms with Gasteiger partial charge < -0.3 is 14.8 Å². The predicted molar refractivity (Wildman–Crippen MR) is 112 cm³/mol. The molecule has 0 aliphatic carbocycles. The van der Waals surface area contributed by atoms with Gasteiger partial charge in [0.1, 0.15) is 17.2 Å². The molecular weight excluding hydrogens is 334 g/mol. The average molecular weight is 361 g/mol. The zero-order valence-electron chi connectivity index (χ0n) is 16.0. The van der Waals surface area contributed by atoms with Crippen LogP contribution in [0.1, 0.15) is 25.8 Å². The fourth-order valence-electron chi connectivity index (χ4n) is 2.66. The van der Waals surface area contributed by atoms with Crippen molar-refractivity contribution in [2.45, 2.75) is 26.8 Å². The SMILES string of the molecule is CC(C)CCOc1ccccc1CNc1ccc(Oc2ccccc2)cc1. The van der Waals surface area contributed by atoms with Crippen molar-refractivity contribution >= 4 is 5.69 Å². The first kappa shape index (κ1) is 18.8. The van der Waals surface area contributed by atoms with E-state index in [0.29, 0.717) is 5.92 Å². The second-order valence-electron chi connectivity index (χ2n) is 6.93. The van der Waals surface area contributed by atoms with Crippen LogP contribution in [-0.4, -0.2) is 6.61 Å². The lowest BCUT2D eigenvalue weighted by molar-refractivity contribution is 0.287. The summed E-state index contributed by atoms with van der Waals surface area (Å²) in [5, 5.41) is 3.46. The minimum absolute atomic E-state index is 0.645. The number of para-hydroxylation sites is 2. The predicted octanol–water partition coefficient (Wildman–Crippen LogP) is 6.52. The second kappa shape index (κ2) is 9.67. The number of nitrogens with one attached hydrogen (secondary N) is 1. The molecule has 3 nitrogen and oxygen atoms in total. The van der Waals surface area contributed by atoms with Gasteiger partial charge in [-0.1, -0.05) is 50.2 Å². The van der Waals surface area contributed by atoms with Crippen molar-refractivity contribution in [1.82, 2.24) is 0 Å². The van der Waals surface area contributed by atoms with Gasteiger partial charge in [0.25, 0.3) is 0 Å². The first-order chi connectivity index (χ1) is 13.2. The van der Waals surface area contributed by atoms with Gasteiger partial charge in [-0.05, 0) is 54.8 Å². The first-order valence-electron chi connectivity index (χ1n) is 9.48. The summed E-state index contributed by atoms with van der Waals surface area (Å²) in [6, 6.07) is 26.0. The largest absolute Gasteiger partial charge is 0.493 e. The van der Waals surface area contributed by atoms with E-state index in [0.717, 1.165) is 48.1 Å². The highest BCUT2D eigenvalue weighted by molar-refractivity contribution is 5.48. The van der Waals surface area contributed by atoms with Crippen molar-refractivity contribution < 1.29 is 9.47 Å². The van der Waals surface area contributed by atoms with Gasteiger partial charge in [-0.25, -0.2) is 0 Å². The molecule has 0 unspecified atom stereocenters. The third-order valence-electron chi connectivity index (χ3n) is 4.24. The Labute approximate surface area is 162 Å². The van der Waals surface area contributed by atoms with Gasteiger partial charge in [-0.3, -0.25) is 0 Å². The molecule has 0 aliphatic rings. The van der Waals surface area contributed by atoms with Crippen LogP contribution in [0.5, 0.6) is 17.2 Å². The number of hydrogen-bond donors (Lipinski definition) is 1. The summed E-state index contributed by atoms with van der Waals surface area (Å²) in [4.78, 5) is 0. The summed E-state index contributed by atoms with van der Waals surface area (Å²) in [7, 11) is 0. The third-order valence-corrected chi connectivity index (χ3v) is 4.24. The van der Waals surface area contributed by atoms with Gasteiger partial charge in [0, 0.05) is 17.8 Å². The molecule has 0 saturated heterocycles. The number of anilines is 1. The maximum atomic E-state index is 5.96. The molecule has 27 heavy (non-hydrogen) atoms. The highest BCUT2D eigenvalue weighted by Gasteiger charge is 2.04. The molecule has 140 valence electrons. The van der Waals surface area contributed by atoms with E-state index in [2.05, 4.69) is 25.2 Å². The summed E-state index contributed by atoms with van der Waals surface area (Å²) in [6.07, 6.45) is 1.06. The molecule has 3 rings (SSSR count). The summed E-state index contributed by atoms with van der Waals surface area (Å²) in [5.41, 5.74) is 2.21. The Balaban J connectivity index is 1.55. The summed E-state index contributed by atoms with van der Waals surface area (Å²) < 4.78 is 11.8. The molecule has 0 saturated carbocycles. The van der Waals surface area contributed by atoms with E-state index in [4.69, 9.17) is 9.47 Å². The van der Waals surface area contributed by atoms with E-state index in [-0.39, 0.29) is 0 Å². The molecular formula is C24H27NO2. The Morgan fingerprint density at radius 2 is 1.44 bits per heavy atom. The molecule has 3 aromatic rings. The van der Waals surface area contributed by atoms with Crippen LogP contribution in [0.25, 0.3) is 0 Å². The van der Waals surface area contributed by atoms with Crippen LogP contribution >= 0.6 is 0 Å². The van der Waals surface area contributed by atoms with Crippen LogP contribution in [0, 0.1) is 5.92 Å². The van der Waals surface area contributed by atoms with Gasteiger partial charge >= 0.3 is 0 Å². The van der Waals surface area contributed by atoms with E-state index >= 15 is 0 Å². The summed E-state index contributed by atoms with van der Waals surface area (Å²) in [5.74, 6) is 3.26. The Morgan fingerprint density at radius 1 is 0.778 bits per heavy atom. The Kier molecular flexibility index (Phi) is 6.75. The van der Waals surface area contributed by atoms with Gasteiger partial charge in [0.15, 0.2) is 0 Å². The fourth-order valence-corrected chi connectivity index (χ4v) is 2.66. The lowest BCUT2D eigenvalue weighted by Gasteiger charge is -2.14. The van der Waals surface area contributed by atoms with Gasteiger partial charge in [0.05, 0.1) is 6.61 Å². The van der Waals surface area contributed by atoms with Crippen molar-refractivity contribution in [3.05, 3.63) is 84.4 Å². The lowest BCUT2D eigenvalue weighted by Crippen LogP contribution is -2.06. The van der Waals surface area contributed by atoms with Crippen LogP contribution in [0.15, 0.2) is 78.9 Å². The van der Waals surface area contributed by atoms with Crippen LogP contribution in [0.4, 0.5) is 5.69 Å². The minimum atomic E-state index is 0.645. The highest BCUT2D eigenvalue weighted by atomic mass is 16.5.